The fourth-order valence-corrected chi connectivity index (χ4v) is 5.13. The molecule has 4 aromatic rings. The molecule has 1 fully saturated rings. The predicted molar refractivity (Wildman–Crippen MR) is 137 cm³/mol. The van der Waals surface area contributed by atoms with Gasteiger partial charge in [0.05, 0.1) is 29.2 Å². The van der Waals surface area contributed by atoms with Crippen LogP contribution in [-0.2, 0) is 14.6 Å². The van der Waals surface area contributed by atoms with Gasteiger partial charge in [0.2, 0.25) is 11.9 Å². The number of sulfone groups is 1. The molecule has 2 N–H and O–H groups in total. The van der Waals surface area contributed by atoms with Crippen molar-refractivity contribution in [3.63, 3.8) is 0 Å². The second kappa shape index (κ2) is 9.93. The van der Waals surface area contributed by atoms with Gasteiger partial charge in [-0.25, -0.2) is 22.8 Å². The number of pyridine rings is 1. The van der Waals surface area contributed by atoms with Crippen molar-refractivity contribution in [2.75, 3.05) is 23.9 Å². The van der Waals surface area contributed by atoms with Crippen LogP contribution in [0.15, 0.2) is 47.7 Å². The summed E-state index contributed by atoms with van der Waals surface area (Å²) < 4.78 is 26.6. The van der Waals surface area contributed by atoms with Crippen molar-refractivity contribution in [2.24, 2.45) is 5.92 Å². The van der Waals surface area contributed by atoms with E-state index in [2.05, 4.69) is 46.7 Å². The molecule has 4 aromatic heterocycles. The summed E-state index contributed by atoms with van der Waals surface area (Å²) in [6, 6.07) is 3.75. The van der Waals surface area contributed by atoms with Crippen LogP contribution in [0.25, 0.3) is 22.4 Å². The highest BCUT2D eigenvalue weighted by Gasteiger charge is 2.30. The number of anilines is 1. The van der Waals surface area contributed by atoms with E-state index in [1.54, 1.807) is 34.2 Å². The Hall–Kier alpha value is -3.39. The molecular formula is C22H24BrN9O3S. The van der Waals surface area contributed by atoms with Crippen LogP contribution in [0.1, 0.15) is 19.3 Å². The van der Waals surface area contributed by atoms with Crippen LogP contribution >= 0.6 is 15.9 Å². The molecule has 0 radical (unpaired) electrons. The predicted octanol–water partition coefficient (Wildman–Crippen LogP) is 1.90. The summed E-state index contributed by atoms with van der Waals surface area (Å²) >= 11 is 3.49. The molecule has 1 aliphatic rings. The first-order valence-electron chi connectivity index (χ1n) is 11.4. The van der Waals surface area contributed by atoms with Gasteiger partial charge >= 0.3 is 0 Å². The third-order valence-electron chi connectivity index (χ3n) is 6.03. The minimum absolute atomic E-state index is 0.0300. The first kappa shape index (κ1) is 24.3. The molecule has 2 atom stereocenters. The molecule has 36 heavy (non-hydrogen) atoms. The standard InChI is InChI=1S/C22H24BrN9O3S/c1-36(34,35)9-8-25-21(33)14-2-3-15(10-14)28-22-26-12-18-19(23)30-32(20(18)29-22)17-11-27-31(13-17)16-4-6-24-7-5-16/h4-7,11-15H,2-3,8-10H2,1H3,(H,25,33)(H,26,28,29)/t14-,15-/m1/s1. The lowest BCUT2D eigenvalue weighted by molar-refractivity contribution is -0.124. The third kappa shape index (κ3) is 5.38. The van der Waals surface area contributed by atoms with E-state index in [9.17, 15) is 13.2 Å². The first-order chi connectivity index (χ1) is 17.3. The molecule has 0 bridgehead atoms. The van der Waals surface area contributed by atoms with Crippen molar-refractivity contribution in [1.82, 2.24) is 39.8 Å². The van der Waals surface area contributed by atoms with Crippen LogP contribution in [0.4, 0.5) is 5.95 Å². The summed E-state index contributed by atoms with van der Waals surface area (Å²) in [5.74, 6) is 0.0870. The van der Waals surface area contributed by atoms with Gasteiger partial charge in [0.25, 0.3) is 0 Å². The average Bonchev–Trinajstić information content (AvgIpc) is 3.58. The largest absolute Gasteiger partial charge is 0.355 e. The summed E-state index contributed by atoms with van der Waals surface area (Å²) in [4.78, 5) is 25.6. The lowest BCUT2D eigenvalue weighted by atomic mass is 10.1. The summed E-state index contributed by atoms with van der Waals surface area (Å²) in [6.07, 6.45) is 11.9. The Kier molecular flexibility index (Phi) is 6.71. The number of nitrogens with one attached hydrogen (secondary N) is 2. The lowest BCUT2D eigenvalue weighted by Gasteiger charge is -2.13. The van der Waals surface area contributed by atoms with Gasteiger partial charge in [0.1, 0.15) is 20.1 Å². The molecule has 0 spiro atoms. The van der Waals surface area contributed by atoms with E-state index in [0.717, 1.165) is 29.4 Å². The van der Waals surface area contributed by atoms with Crippen molar-refractivity contribution in [1.29, 1.82) is 0 Å². The highest BCUT2D eigenvalue weighted by Crippen LogP contribution is 2.29. The van der Waals surface area contributed by atoms with Crippen LogP contribution < -0.4 is 10.6 Å². The van der Waals surface area contributed by atoms with E-state index in [-0.39, 0.29) is 30.2 Å². The van der Waals surface area contributed by atoms with Crippen molar-refractivity contribution in [3.05, 3.63) is 47.7 Å². The van der Waals surface area contributed by atoms with Gasteiger partial charge in [0.15, 0.2) is 5.65 Å². The quantitative estimate of drug-likeness (QED) is 0.322. The summed E-state index contributed by atoms with van der Waals surface area (Å²) in [5, 5.41) is 15.8. The molecule has 188 valence electrons. The Morgan fingerprint density at radius 3 is 2.78 bits per heavy atom. The summed E-state index contributed by atoms with van der Waals surface area (Å²) in [7, 11) is -3.11. The fourth-order valence-electron chi connectivity index (χ4n) is 4.22. The Labute approximate surface area is 215 Å². The number of amides is 1. The monoisotopic (exact) mass is 573 g/mol. The third-order valence-corrected chi connectivity index (χ3v) is 7.56. The number of halogens is 1. The van der Waals surface area contributed by atoms with Gasteiger partial charge < -0.3 is 10.6 Å². The summed E-state index contributed by atoms with van der Waals surface area (Å²) in [5.41, 5.74) is 2.22. The van der Waals surface area contributed by atoms with Gasteiger partial charge in [-0.15, -0.1) is 0 Å². The molecule has 0 unspecified atom stereocenters. The topological polar surface area (TPSA) is 150 Å². The van der Waals surface area contributed by atoms with Crippen LogP contribution in [0, 0.1) is 5.92 Å². The molecule has 0 aliphatic heterocycles. The maximum atomic E-state index is 12.4. The zero-order valence-electron chi connectivity index (χ0n) is 19.4. The van der Waals surface area contributed by atoms with E-state index in [1.807, 2.05) is 18.3 Å². The molecule has 0 aromatic carbocycles. The van der Waals surface area contributed by atoms with Crippen LogP contribution in [-0.4, -0.2) is 73.4 Å². The molecule has 1 amide bonds. The number of fused-ring (bicyclic) bond motifs is 1. The number of nitrogens with zero attached hydrogens (tertiary/aromatic N) is 7. The lowest BCUT2D eigenvalue weighted by Crippen LogP contribution is -2.33. The van der Waals surface area contributed by atoms with Gasteiger partial charge in [-0.2, -0.15) is 15.2 Å². The number of hydrogen-bond acceptors (Lipinski definition) is 9. The fraction of sp³-hybridized carbons (Fsp3) is 0.364. The number of hydrogen-bond donors (Lipinski definition) is 2. The molecule has 1 aliphatic carbocycles. The van der Waals surface area contributed by atoms with Crippen molar-refractivity contribution in [3.8, 4) is 11.4 Å². The zero-order valence-corrected chi connectivity index (χ0v) is 21.8. The van der Waals surface area contributed by atoms with Gasteiger partial charge in [-0.3, -0.25) is 9.78 Å². The van der Waals surface area contributed by atoms with Crippen molar-refractivity contribution < 1.29 is 13.2 Å². The maximum Gasteiger partial charge on any atom is 0.224 e. The Bertz CT molecular complexity index is 1500. The summed E-state index contributed by atoms with van der Waals surface area (Å²) in [6.45, 7) is 0.128. The maximum absolute atomic E-state index is 12.4. The average molecular weight is 574 g/mol. The first-order valence-corrected chi connectivity index (χ1v) is 14.2. The van der Waals surface area contributed by atoms with E-state index in [4.69, 9.17) is 4.98 Å². The molecule has 12 nitrogen and oxygen atoms in total. The molecule has 0 saturated heterocycles. The van der Waals surface area contributed by atoms with Crippen LogP contribution in [0.3, 0.4) is 0 Å². The van der Waals surface area contributed by atoms with Crippen LogP contribution in [0.5, 0.6) is 0 Å². The Balaban J connectivity index is 1.29. The number of carbonyl (C=O) groups is 1. The van der Waals surface area contributed by atoms with Gasteiger partial charge in [-0.1, -0.05) is 0 Å². The minimum Gasteiger partial charge on any atom is -0.355 e. The Morgan fingerprint density at radius 2 is 2.00 bits per heavy atom. The van der Waals surface area contributed by atoms with Crippen molar-refractivity contribution >= 4 is 48.7 Å². The zero-order chi connectivity index (χ0) is 25.3. The molecule has 5 rings (SSSR count). The number of carbonyl (C=O) groups excluding carboxylic acids is 1. The van der Waals surface area contributed by atoms with E-state index >= 15 is 0 Å². The highest BCUT2D eigenvalue weighted by atomic mass is 79.9. The number of rotatable bonds is 8. The molecular weight excluding hydrogens is 550 g/mol. The molecule has 1 saturated carbocycles. The molecule has 4 heterocycles. The number of aromatic nitrogens is 7. The van der Waals surface area contributed by atoms with Crippen LogP contribution in [0.2, 0.25) is 0 Å². The normalized spacial score (nSPS) is 17.9. The smallest absolute Gasteiger partial charge is 0.224 e. The second-order valence-corrected chi connectivity index (χ2v) is 11.8. The highest BCUT2D eigenvalue weighted by molar-refractivity contribution is 9.10. The van der Waals surface area contributed by atoms with Crippen molar-refractivity contribution in [2.45, 2.75) is 25.3 Å². The SMILES string of the molecule is CS(=O)(=O)CCNC(=O)[C@@H]1CC[C@@H](Nc2ncc3c(Br)nn(-c4cnn(-c5ccncc5)c4)c3n2)C1. The van der Waals surface area contributed by atoms with E-state index < -0.39 is 9.84 Å². The molecule has 14 heteroatoms. The minimum atomic E-state index is -3.11. The van der Waals surface area contributed by atoms with Gasteiger partial charge in [0, 0.05) is 43.4 Å². The Morgan fingerprint density at radius 1 is 1.19 bits per heavy atom. The van der Waals surface area contributed by atoms with E-state index in [1.165, 1.54) is 0 Å². The second-order valence-electron chi connectivity index (χ2n) is 8.75. The van der Waals surface area contributed by atoms with E-state index in [0.29, 0.717) is 29.0 Å². The van der Waals surface area contributed by atoms with Gasteiger partial charge in [-0.05, 0) is 47.3 Å².